The number of rotatable bonds is 4. The van der Waals surface area contributed by atoms with Crippen molar-refractivity contribution in [2.45, 2.75) is 36.5 Å². The number of aliphatic hydroxyl groups excluding tert-OH is 2. The highest BCUT2D eigenvalue weighted by Crippen LogP contribution is 2.33. The SMILES string of the molecule is COC(=O)/C=C1/CCO[C@]2([C@@H](O)[C@@](C)(O)CO)NC(=O)[C@@]1(O)NC2=O. The predicted octanol–water partition coefficient (Wildman–Crippen LogP) is -3.76. The van der Waals surface area contributed by atoms with Crippen molar-refractivity contribution in [1.82, 2.24) is 10.6 Å². The summed E-state index contributed by atoms with van der Waals surface area (Å²) in [7, 11) is 1.10. The molecule has 3 saturated heterocycles. The number of piperazine rings is 1. The molecule has 0 aliphatic carbocycles. The number of nitrogens with one attached hydrogen (secondary N) is 2. The summed E-state index contributed by atoms with van der Waals surface area (Å²) in [5.41, 5.74) is -7.35. The van der Waals surface area contributed by atoms with Crippen molar-refractivity contribution in [3.8, 4) is 0 Å². The van der Waals surface area contributed by atoms with Crippen LogP contribution in [0, 0.1) is 0 Å². The number of carbonyl (C=O) groups excluding carboxylic acids is 3. The van der Waals surface area contributed by atoms with Gasteiger partial charge in [-0.05, 0) is 13.3 Å². The van der Waals surface area contributed by atoms with Crippen LogP contribution in [0.25, 0.3) is 0 Å². The molecule has 6 N–H and O–H groups in total. The third-order valence-electron chi connectivity index (χ3n) is 4.21. The van der Waals surface area contributed by atoms with Gasteiger partial charge in [-0.25, -0.2) is 4.79 Å². The molecule has 25 heavy (non-hydrogen) atoms. The van der Waals surface area contributed by atoms with E-state index in [-0.39, 0.29) is 18.6 Å². The Morgan fingerprint density at radius 2 is 2.08 bits per heavy atom. The summed E-state index contributed by atoms with van der Waals surface area (Å²) in [6.07, 6.45) is -1.36. The number of carbonyl (C=O) groups is 3. The van der Waals surface area contributed by atoms with Gasteiger partial charge in [-0.3, -0.25) is 9.59 Å². The molecule has 11 heteroatoms. The average molecular weight is 360 g/mol. The molecule has 3 aliphatic rings. The normalized spacial score (nSPS) is 34.4. The minimum absolute atomic E-state index is 0.158. The second-order valence-corrected chi connectivity index (χ2v) is 6.06. The van der Waals surface area contributed by atoms with Gasteiger partial charge in [-0.1, -0.05) is 0 Å². The molecule has 3 heterocycles. The molecule has 0 aromatic carbocycles. The molecule has 11 nitrogen and oxygen atoms in total. The average Bonchev–Trinajstić information content (AvgIpc) is 2.56. The molecule has 0 aromatic heterocycles. The van der Waals surface area contributed by atoms with Gasteiger partial charge >= 0.3 is 5.97 Å². The van der Waals surface area contributed by atoms with E-state index in [0.717, 1.165) is 20.1 Å². The molecule has 3 aliphatic heterocycles. The Kier molecular flexibility index (Phi) is 4.90. The molecular weight excluding hydrogens is 340 g/mol. The van der Waals surface area contributed by atoms with Crippen LogP contribution in [-0.2, 0) is 23.9 Å². The fourth-order valence-electron chi connectivity index (χ4n) is 2.63. The number of hydrogen-bond acceptors (Lipinski definition) is 9. The van der Waals surface area contributed by atoms with Crippen LogP contribution in [0.2, 0.25) is 0 Å². The molecule has 0 unspecified atom stereocenters. The third kappa shape index (κ3) is 3.00. The fraction of sp³-hybridized carbons (Fsp3) is 0.643. The van der Waals surface area contributed by atoms with Crippen molar-refractivity contribution in [2.24, 2.45) is 0 Å². The summed E-state index contributed by atoms with van der Waals surface area (Å²) >= 11 is 0. The van der Waals surface area contributed by atoms with E-state index in [0.29, 0.717) is 0 Å². The number of amides is 2. The molecule has 140 valence electrons. The van der Waals surface area contributed by atoms with Gasteiger partial charge in [0.05, 0.1) is 20.3 Å². The van der Waals surface area contributed by atoms with E-state index < -0.39 is 47.5 Å². The predicted molar refractivity (Wildman–Crippen MR) is 78.4 cm³/mol. The first kappa shape index (κ1) is 19.3. The Hall–Kier alpha value is -2.05. The highest BCUT2D eigenvalue weighted by molar-refractivity contribution is 6.03. The number of methoxy groups -OCH3 is 1. The lowest BCUT2D eigenvalue weighted by molar-refractivity contribution is -0.230. The second-order valence-electron chi connectivity index (χ2n) is 6.06. The maximum absolute atomic E-state index is 12.5. The Balaban J connectivity index is 2.47. The fourth-order valence-corrected chi connectivity index (χ4v) is 2.63. The third-order valence-corrected chi connectivity index (χ3v) is 4.21. The first-order valence-electron chi connectivity index (χ1n) is 7.35. The number of hydrogen-bond donors (Lipinski definition) is 6. The lowest BCUT2D eigenvalue weighted by Crippen LogP contribution is -2.82. The summed E-state index contributed by atoms with van der Waals surface area (Å²) in [4.78, 5) is 36.3. The molecule has 4 atom stereocenters. The van der Waals surface area contributed by atoms with E-state index in [1.54, 1.807) is 0 Å². The summed E-state index contributed by atoms with van der Waals surface area (Å²) < 4.78 is 9.75. The van der Waals surface area contributed by atoms with Crippen molar-refractivity contribution in [2.75, 3.05) is 20.3 Å². The van der Waals surface area contributed by atoms with Gasteiger partial charge in [-0.15, -0.1) is 0 Å². The minimum atomic E-state index is -2.55. The van der Waals surface area contributed by atoms with Gasteiger partial charge in [0, 0.05) is 11.6 Å². The van der Waals surface area contributed by atoms with E-state index in [1.165, 1.54) is 0 Å². The topological polar surface area (TPSA) is 175 Å². The highest BCUT2D eigenvalue weighted by Gasteiger charge is 2.63. The number of ether oxygens (including phenoxy) is 2. The summed E-state index contributed by atoms with van der Waals surface area (Å²) in [5, 5.41) is 44.2. The lowest BCUT2D eigenvalue weighted by Gasteiger charge is -2.49. The van der Waals surface area contributed by atoms with Gasteiger partial charge in [0.2, 0.25) is 5.72 Å². The van der Waals surface area contributed by atoms with Gasteiger partial charge in [0.25, 0.3) is 17.5 Å². The Morgan fingerprint density at radius 3 is 2.64 bits per heavy atom. The zero-order valence-corrected chi connectivity index (χ0v) is 13.6. The van der Waals surface area contributed by atoms with Gasteiger partial charge < -0.3 is 40.5 Å². The minimum Gasteiger partial charge on any atom is -0.466 e. The largest absolute Gasteiger partial charge is 0.466 e. The molecule has 0 saturated carbocycles. The standard InChI is InChI=1S/C14H20N2O9/c1-12(22,6-17)9(19)14-11(21)15-13(23,10(20)16-14)7(3-4-25-14)5-8(18)24-2/h5,9,17,19,22-23H,3-4,6H2,1-2H3,(H,15,21)(H,16,20)/b7-5-/t9-,12-,13+,14-/m0/s1. The maximum Gasteiger partial charge on any atom is 0.330 e. The van der Waals surface area contributed by atoms with Crippen LogP contribution >= 0.6 is 0 Å². The monoisotopic (exact) mass is 360 g/mol. The van der Waals surface area contributed by atoms with E-state index in [9.17, 15) is 34.8 Å². The lowest BCUT2D eigenvalue weighted by atomic mass is 9.84. The van der Waals surface area contributed by atoms with Crippen LogP contribution in [0.4, 0.5) is 0 Å². The van der Waals surface area contributed by atoms with E-state index in [2.05, 4.69) is 4.74 Å². The second kappa shape index (κ2) is 6.35. The van der Waals surface area contributed by atoms with Crippen LogP contribution in [0.15, 0.2) is 11.6 Å². The van der Waals surface area contributed by atoms with Crippen LogP contribution in [0.1, 0.15) is 13.3 Å². The zero-order chi connectivity index (χ0) is 19.0. The Morgan fingerprint density at radius 1 is 1.44 bits per heavy atom. The molecule has 3 fully saturated rings. The van der Waals surface area contributed by atoms with E-state index >= 15 is 0 Å². The zero-order valence-electron chi connectivity index (χ0n) is 13.6. The molecule has 0 aromatic rings. The number of aliphatic hydroxyl groups is 4. The quantitative estimate of drug-likeness (QED) is 0.217. The van der Waals surface area contributed by atoms with Crippen LogP contribution in [-0.4, -0.2) is 81.7 Å². The van der Waals surface area contributed by atoms with E-state index in [4.69, 9.17) is 4.74 Å². The molecule has 0 radical (unpaired) electrons. The number of fused-ring (bicyclic) bond motifs is 5. The van der Waals surface area contributed by atoms with Crippen molar-refractivity contribution < 1.29 is 44.3 Å². The van der Waals surface area contributed by atoms with Crippen LogP contribution in [0.3, 0.4) is 0 Å². The van der Waals surface area contributed by atoms with Crippen molar-refractivity contribution >= 4 is 17.8 Å². The first-order valence-corrected chi connectivity index (χ1v) is 7.35. The molecule has 2 bridgehead atoms. The molecule has 2 amide bonds. The van der Waals surface area contributed by atoms with Gasteiger partial charge in [0.15, 0.2) is 0 Å². The van der Waals surface area contributed by atoms with Crippen molar-refractivity contribution in [1.29, 1.82) is 0 Å². The molecule has 3 rings (SSSR count). The van der Waals surface area contributed by atoms with Gasteiger partial charge in [-0.2, -0.15) is 0 Å². The maximum atomic E-state index is 12.5. The smallest absolute Gasteiger partial charge is 0.330 e. The molecular formula is C14H20N2O9. The van der Waals surface area contributed by atoms with Crippen LogP contribution in [0.5, 0.6) is 0 Å². The highest BCUT2D eigenvalue weighted by atomic mass is 16.5. The van der Waals surface area contributed by atoms with Gasteiger partial charge in [0.1, 0.15) is 11.7 Å². The number of esters is 1. The van der Waals surface area contributed by atoms with E-state index in [1.807, 2.05) is 10.6 Å². The summed E-state index contributed by atoms with van der Waals surface area (Å²) in [6.45, 7) is -0.186. The van der Waals surface area contributed by atoms with Crippen LogP contribution < -0.4 is 10.6 Å². The Bertz CT molecular complexity index is 632. The van der Waals surface area contributed by atoms with Crippen molar-refractivity contribution in [3.05, 3.63) is 11.6 Å². The summed E-state index contributed by atoms with van der Waals surface area (Å²) in [6, 6.07) is 0. The first-order chi connectivity index (χ1) is 11.5. The Labute approximate surface area is 142 Å². The van der Waals surface area contributed by atoms with Crippen molar-refractivity contribution in [3.63, 3.8) is 0 Å². The molecule has 0 spiro atoms. The summed E-state index contributed by atoms with van der Waals surface area (Å²) in [5.74, 6) is -3.20.